The number of aliphatic hydroxyl groups excluding tert-OH is 2. The highest BCUT2D eigenvalue weighted by atomic mass is 79.9. The number of hydrogen-bond acceptors (Lipinski definition) is 8. The number of H-pyrrole nitrogens is 2. The summed E-state index contributed by atoms with van der Waals surface area (Å²) in [5.74, 6) is -3.41. The lowest BCUT2D eigenvalue weighted by atomic mass is 9.79. The van der Waals surface area contributed by atoms with E-state index in [-0.39, 0.29) is 35.7 Å². The lowest BCUT2D eigenvalue weighted by Crippen LogP contribution is -2.48. The van der Waals surface area contributed by atoms with E-state index in [1.165, 1.54) is 44.2 Å². The third-order valence-corrected chi connectivity index (χ3v) is 14.2. The quantitative estimate of drug-likeness (QED) is 0.0868. The molecule has 14 nitrogen and oxygen atoms in total. The number of likely N-dealkylation sites (N-methyl/N-ethyl adjacent to an activating group) is 2. The second-order valence-electron chi connectivity index (χ2n) is 16.7. The zero-order valence-electron chi connectivity index (χ0n) is 36.0. The van der Waals surface area contributed by atoms with Gasteiger partial charge in [-0.25, -0.2) is 9.59 Å². The summed E-state index contributed by atoms with van der Waals surface area (Å²) >= 11 is 7.39. The van der Waals surface area contributed by atoms with Crippen LogP contribution in [0.15, 0.2) is 57.8 Å². The summed E-state index contributed by atoms with van der Waals surface area (Å²) < 4.78 is 2.17. The van der Waals surface area contributed by atoms with Crippen LogP contribution in [0.3, 0.4) is 0 Å². The SMILES string of the molecule is CCC(CC)NC(=O)[C@@H]1C=C2c3cccc4[nH]c(Br)c(c34)C[C@H]2N(C)C1.CCC(CC)NC(=O)[C@@H]1C=C2c3cccc4[nH]c(Br)c(c34)C[C@H]2N(C)C1.O=C(O)C(O)C(O)C(=O)O. The molecule has 8 N–H and O–H groups in total. The number of benzene rings is 2. The first kappa shape index (κ1) is 47.2. The molecule has 2 aliphatic carbocycles. The van der Waals surface area contributed by atoms with Crippen molar-refractivity contribution in [1.82, 2.24) is 30.4 Å². The van der Waals surface area contributed by atoms with E-state index >= 15 is 0 Å². The van der Waals surface area contributed by atoms with Crippen LogP contribution in [0.25, 0.3) is 33.0 Å². The standard InChI is InChI=1S/2C21H26BrN3O.C4H6O6/c2*1-4-13(5-2)23-21(26)12-9-15-14-7-6-8-17-19(14)16(20(22)24-17)10-18(15)25(3)11-12;5-1(3(7)8)2(6)4(9)10/h2*6-9,12-13,18,24H,4-5,10-11H2,1-3H3,(H,23,26);1-2,5-6H,(H,7,8)(H,9,10)/t2*12-,18-;/m11./s1. The van der Waals surface area contributed by atoms with E-state index in [9.17, 15) is 19.2 Å². The molecule has 0 saturated heterocycles. The summed E-state index contributed by atoms with van der Waals surface area (Å²) in [6.07, 6.45) is 5.76. The molecule has 16 heteroatoms. The number of hydrogen-bond donors (Lipinski definition) is 8. The molecule has 6 atom stereocenters. The van der Waals surface area contributed by atoms with Crippen LogP contribution in [0, 0.1) is 11.8 Å². The van der Waals surface area contributed by atoms with Crippen LogP contribution in [0.2, 0.25) is 0 Å². The highest BCUT2D eigenvalue weighted by Crippen LogP contribution is 2.45. The number of nitrogens with one attached hydrogen (secondary N) is 4. The van der Waals surface area contributed by atoms with Crippen molar-refractivity contribution in [2.24, 2.45) is 11.8 Å². The van der Waals surface area contributed by atoms with Crippen molar-refractivity contribution in [3.8, 4) is 0 Å². The minimum Gasteiger partial charge on any atom is -0.479 e. The van der Waals surface area contributed by atoms with Crippen molar-refractivity contribution >= 4 is 88.6 Å². The second kappa shape index (κ2) is 20.0. The predicted octanol–water partition coefficient (Wildman–Crippen LogP) is 6.09. The van der Waals surface area contributed by atoms with E-state index in [1.807, 2.05) is 0 Å². The number of aromatic amines is 2. The van der Waals surface area contributed by atoms with Crippen LogP contribution in [-0.4, -0.2) is 128 Å². The van der Waals surface area contributed by atoms with Crippen LogP contribution in [-0.2, 0) is 32.0 Å². The molecule has 0 fully saturated rings. The van der Waals surface area contributed by atoms with Crippen LogP contribution in [0.5, 0.6) is 0 Å². The van der Waals surface area contributed by atoms with E-state index in [0.29, 0.717) is 12.1 Å². The van der Waals surface area contributed by atoms with Crippen molar-refractivity contribution in [3.05, 3.63) is 80.0 Å². The van der Waals surface area contributed by atoms with Gasteiger partial charge in [-0.15, -0.1) is 0 Å². The molecule has 4 aromatic rings. The monoisotopic (exact) mass is 980 g/mol. The lowest BCUT2D eigenvalue weighted by molar-refractivity contribution is -0.165. The van der Waals surface area contributed by atoms with E-state index in [2.05, 4.69) is 153 Å². The zero-order chi connectivity index (χ0) is 45.2. The van der Waals surface area contributed by atoms with E-state index in [1.54, 1.807) is 0 Å². The molecular weight excluding hydrogens is 924 g/mol. The normalized spacial score (nSPS) is 21.4. The fourth-order valence-electron chi connectivity index (χ4n) is 9.19. The van der Waals surface area contributed by atoms with Gasteiger partial charge in [-0.2, -0.15) is 0 Å². The van der Waals surface area contributed by atoms with Crippen molar-refractivity contribution in [1.29, 1.82) is 0 Å². The molecule has 4 heterocycles. The number of carboxylic acid groups (broad SMARTS) is 2. The molecule has 2 aliphatic heterocycles. The summed E-state index contributed by atoms with van der Waals surface area (Å²) in [5, 5.41) is 41.6. The third kappa shape index (κ3) is 9.60. The fraction of sp³-hybridized carbons (Fsp3) is 0.478. The van der Waals surface area contributed by atoms with Crippen molar-refractivity contribution in [3.63, 3.8) is 0 Å². The Morgan fingerprint density at radius 3 is 1.34 bits per heavy atom. The first-order valence-corrected chi connectivity index (χ1v) is 23.0. The Morgan fingerprint density at radius 1 is 0.661 bits per heavy atom. The first-order chi connectivity index (χ1) is 29.5. The number of aliphatic carboxylic acids is 2. The summed E-state index contributed by atoms with van der Waals surface area (Å²) in [7, 11) is 4.28. The van der Waals surface area contributed by atoms with Gasteiger partial charge in [0.25, 0.3) is 0 Å². The second-order valence-corrected chi connectivity index (χ2v) is 18.3. The van der Waals surface area contributed by atoms with E-state index in [0.717, 1.165) is 71.9 Å². The Balaban J connectivity index is 0.000000171. The van der Waals surface area contributed by atoms with Gasteiger partial charge in [0, 0.05) is 59.1 Å². The number of fused-ring (bicyclic) bond motifs is 4. The summed E-state index contributed by atoms with van der Waals surface area (Å²) in [5.41, 5.74) is 10.2. The van der Waals surface area contributed by atoms with Crippen molar-refractivity contribution < 1.29 is 39.6 Å². The number of halogens is 2. The van der Waals surface area contributed by atoms with Crippen molar-refractivity contribution in [2.75, 3.05) is 27.2 Å². The van der Waals surface area contributed by atoms with Gasteiger partial charge in [-0.1, -0.05) is 64.1 Å². The van der Waals surface area contributed by atoms with Gasteiger partial charge in [-0.3, -0.25) is 19.4 Å². The average Bonchev–Trinajstić information content (AvgIpc) is 3.77. The highest BCUT2D eigenvalue weighted by molar-refractivity contribution is 9.10. The molecule has 0 spiro atoms. The van der Waals surface area contributed by atoms with Gasteiger partial charge in [0.1, 0.15) is 0 Å². The maximum absolute atomic E-state index is 12.8. The van der Waals surface area contributed by atoms with Gasteiger partial charge < -0.3 is 41.0 Å². The topological polar surface area (TPSA) is 211 Å². The van der Waals surface area contributed by atoms with Gasteiger partial charge in [0.2, 0.25) is 11.8 Å². The number of aromatic nitrogens is 2. The highest BCUT2D eigenvalue weighted by Gasteiger charge is 2.38. The average molecular weight is 983 g/mol. The fourth-order valence-corrected chi connectivity index (χ4v) is 10.3. The maximum Gasteiger partial charge on any atom is 0.335 e. The summed E-state index contributed by atoms with van der Waals surface area (Å²) in [4.78, 5) is 56.8. The van der Waals surface area contributed by atoms with Gasteiger partial charge in [0.05, 0.1) is 21.0 Å². The molecule has 4 aliphatic rings. The zero-order valence-corrected chi connectivity index (χ0v) is 39.1. The Bertz CT molecular complexity index is 2220. The number of nitrogens with zero attached hydrogens (tertiary/aromatic N) is 2. The minimum absolute atomic E-state index is 0.0916. The number of aliphatic hydroxyl groups is 2. The molecule has 8 rings (SSSR count). The lowest BCUT2D eigenvalue weighted by Gasteiger charge is -2.39. The van der Waals surface area contributed by atoms with Crippen LogP contribution in [0.4, 0.5) is 0 Å². The van der Waals surface area contributed by atoms with E-state index < -0.39 is 24.1 Å². The molecule has 2 aromatic carbocycles. The predicted molar refractivity (Wildman–Crippen MR) is 247 cm³/mol. The summed E-state index contributed by atoms with van der Waals surface area (Å²) in [6, 6.07) is 14.0. The molecule has 0 radical (unpaired) electrons. The molecular formula is C46H58Br2N6O8. The molecule has 0 bridgehead atoms. The molecule has 334 valence electrons. The number of carbonyl (C=O) groups excluding carboxylic acids is 2. The molecule has 62 heavy (non-hydrogen) atoms. The van der Waals surface area contributed by atoms with E-state index in [4.69, 9.17) is 20.4 Å². The Morgan fingerprint density at radius 2 is 1.02 bits per heavy atom. The maximum atomic E-state index is 12.8. The van der Waals surface area contributed by atoms with Gasteiger partial charge >= 0.3 is 11.9 Å². The van der Waals surface area contributed by atoms with Crippen LogP contribution in [0.1, 0.15) is 75.6 Å². The smallest absolute Gasteiger partial charge is 0.335 e. The van der Waals surface area contributed by atoms with Crippen LogP contribution < -0.4 is 10.6 Å². The largest absolute Gasteiger partial charge is 0.479 e. The number of carboxylic acids is 2. The summed E-state index contributed by atoms with van der Waals surface area (Å²) in [6.45, 7) is 10.1. The molecule has 2 unspecified atom stereocenters. The number of rotatable bonds is 11. The number of carbonyl (C=O) groups is 4. The molecule has 0 saturated carbocycles. The minimum atomic E-state index is -2.27. The first-order valence-electron chi connectivity index (χ1n) is 21.4. The number of amides is 2. The van der Waals surface area contributed by atoms with Gasteiger partial charge in [-0.05, 0) is 130 Å². The van der Waals surface area contributed by atoms with Crippen molar-refractivity contribution in [2.45, 2.75) is 103 Å². The van der Waals surface area contributed by atoms with Crippen LogP contribution >= 0.6 is 31.9 Å². The Hall–Kier alpha value is -4.32. The van der Waals surface area contributed by atoms with Gasteiger partial charge in [0.15, 0.2) is 12.2 Å². The Kier molecular flexibility index (Phi) is 15.2. The third-order valence-electron chi connectivity index (χ3n) is 12.8. The molecule has 2 aromatic heterocycles. The molecule has 2 amide bonds. The Labute approximate surface area is 378 Å².